The van der Waals surface area contributed by atoms with Crippen molar-refractivity contribution in [3.63, 3.8) is 0 Å². The molecule has 0 bridgehead atoms. The fraction of sp³-hybridized carbons (Fsp3) is 0.857. The van der Waals surface area contributed by atoms with Crippen LogP contribution >= 0.6 is 0 Å². The summed E-state index contributed by atoms with van der Waals surface area (Å²) in [5, 5.41) is 2.73. The molecular weight excluding hydrogens is 260 g/mol. The van der Waals surface area contributed by atoms with Crippen LogP contribution in [0.5, 0.6) is 0 Å². The number of hydrogen-bond acceptors (Lipinski definition) is 4. The average Bonchev–Trinajstić information content (AvgIpc) is 2.70. The van der Waals surface area contributed by atoms with Crippen molar-refractivity contribution in [3.8, 4) is 0 Å². The quantitative estimate of drug-likeness (QED) is 0.801. The van der Waals surface area contributed by atoms with Crippen LogP contribution in [-0.2, 0) is 9.47 Å². The summed E-state index contributed by atoms with van der Waals surface area (Å²) in [6.07, 6.45) is 0.870. The summed E-state index contributed by atoms with van der Waals surface area (Å²) in [4.78, 5) is 25.2. The predicted octanol–water partition coefficient (Wildman–Crippen LogP) is 2.13. The Kier molecular flexibility index (Phi) is 3.84. The van der Waals surface area contributed by atoms with E-state index in [9.17, 15) is 9.59 Å². The molecule has 2 rings (SSSR count). The number of ether oxygens (including phenoxy) is 2. The minimum atomic E-state index is -0.491. The average molecular weight is 284 g/mol. The van der Waals surface area contributed by atoms with Gasteiger partial charge >= 0.3 is 12.2 Å². The van der Waals surface area contributed by atoms with Gasteiger partial charge < -0.3 is 19.7 Å². The maximum absolute atomic E-state index is 12.1. The number of carbonyl (C=O) groups is 2. The molecule has 2 aliphatic rings. The van der Waals surface area contributed by atoms with Gasteiger partial charge in [-0.05, 0) is 27.2 Å². The number of nitrogens with zero attached hydrogens (tertiary/aromatic N) is 1. The summed E-state index contributed by atoms with van der Waals surface area (Å²) >= 11 is 0. The van der Waals surface area contributed by atoms with Gasteiger partial charge in [-0.1, -0.05) is 6.92 Å². The number of amides is 2. The maximum atomic E-state index is 12.1. The molecule has 2 atom stereocenters. The van der Waals surface area contributed by atoms with Gasteiger partial charge in [-0.25, -0.2) is 9.59 Å². The van der Waals surface area contributed by atoms with Crippen LogP contribution in [0.15, 0.2) is 0 Å². The molecular formula is C14H24N2O4. The molecule has 0 saturated carbocycles. The Balaban J connectivity index is 2.02. The summed E-state index contributed by atoms with van der Waals surface area (Å²) in [5.74, 6) is 0.141. The Morgan fingerprint density at radius 1 is 1.55 bits per heavy atom. The zero-order valence-electron chi connectivity index (χ0n) is 12.7. The van der Waals surface area contributed by atoms with Crippen LogP contribution in [-0.4, -0.2) is 47.9 Å². The molecule has 2 aliphatic heterocycles. The summed E-state index contributed by atoms with van der Waals surface area (Å²) in [6.45, 7) is 9.29. The molecule has 6 nitrogen and oxygen atoms in total. The van der Waals surface area contributed by atoms with E-state index in [1.54, 1.807) is 4.90 Å². The maximum Gasteiger partial charge on any atom is 0.410 e. The molecule has 0 aromatic rings. The topological polar surface area (TPSA) is 67.9 Å². The van der Waals surface area contributed by atoms with Gasteiger partial charge in [-0.2, -0.15) is 0 Å². The minimum Gasteiger partial charge on any atom is -0.444 e. The fourth-order valence-electron chi connectivity index (χ4n) is 2.89. The SMILES string of the molecule is CCC1CN(C(=O)OC(C)(C)C)CCC12CNC(=O)O2. The molecule has 2 amide bonds. The molecule has 114 valence electrons. The standard InChI is InChI=1S/C14H24N2O4/c1-5-10-8-16(12(18)20-13(2,3)4)7-6-14(10)9-15-11(17)19-14/h10H,5-9H2,1-4H3,(H,15,17). The number of nitrogens with one attached hydrogen (secondary N) is 1. The highest BCUT2D eigenvalue weighted by Crippen LogP contribution is 2.36. The van der Waals surface area contributed by atoms with Crippen molar-refractivity contribution in [2.24, 2.45) is 5.92 Å². The molecule has 2 fully saturated rings. The van der Waals surface area contributed by atoms with Crippen molar-refractivity contribution in [2.45, 2.75) is 51.7 Å². The Morgan fingerprint density at radius 2 is 2.25 bits per heavy atom. The van der Waals surface area contributed by atoms with Gasteiger partial charge in [-0.3, -0.25) is 0 Å². The number of carbonyl (C=O) groups excluding carboxylic acids is 2. The molecule has 20 heavy (non-hydrogen) atoms. The lowest BCUT2D eigenvalue weighted by molar-refractivity contribution is -0.0547. The van der Waals surface area contributed by atoms with Crippen LogP contribution in [0.25, 0.3) is 0 Å². The molecule has 2 unspecified atom stereocenters. The summed E-state index contributed by atoms with van der Waals surface area (Å²) < 4.78 is 10.9. The Bertz CT molecular complexity index is 404. The van der Waals surface area contributed by atoms with Crippen LogP contribution < -0.4 is 5.32 Å². The molecule has 1 N–H and O–H groups in total. The summed E-state index contributed by atoms with van der Waals surface area (Å²) in [5.41, 5.74) is -0.945. The highest BCUT2D eigenvalue weighted by atomic mass is 16.6. The van der Waals surface area contributed by atoms with E-state index >= 15 is 0 Å². The lowest BCUT2D eigenvalue weighted by Crippen LogP contribution is -2.55. The molecule has 0 aromatic carbocycles. The highest BCUT2D eigenvalue weighted by Gasteiger charge is 2.50. The van der Waals surface area contributed by atoms with E-state index in [1.807, 2.05) is 20.8 Å². The minimum absolute atomic E-state index is 0.141. The molecule has 2 heterocycles. The Hall–Kier alpha value is -1.46. The third-order valence-corrected chi connectivity index (χ3v) is 3.96. The first-order valence-electron chi connectivity index (χ1n) is 7.20. The number of hydrogen-bond donors (Lipinski definition) is 1. The van der Waals surface area contributed by atoms with E-state index in [-0.39, 0.29) is 18.1 Å². The van der Waals surface area contributed by atoms with Crippen LogP contribution in [0.4, 0.5) is 9.59 Å². The van der Waals surface area contributed by atoms with E-state index in [2.05, 4.69) is 12.2 Å². The van der Waals surface area contributed by atoms with Crippen molar-refractivity contribution < 1.29 is 19.1 Å². The second-order valence-corrected chi connectivity index (χ2v) is 6.59. The highest BCUT2D eigenvalue weighted by molar-refractivity contribution is 5.71. The summed E-state index contributed by atoms with van der Waals surface area (Å²) in [6, 6.07) is 0. The van der Waals surface area contributed by atoms with Crippen LogP contribution in [0.2, 0.25) is 0 Å². The smallest absolute Gasteiger partial charge is 0.410 e. The predicted molar refractivity (Wildman–Crippen MR) is 73.4 cm³/mol. The molecule has 0 aromatic heterocycles. The number of likely N-dealkylation sites (tertiary alicyclic amines) is 1. The van der Waals surface area contributed by atoms with E-state index in [1.165, 1.54) is 0 Å². The zero-order chi connectivity index (χ0) is 15.0. The zero-order valence-corrected chi connectivity index (χ0v) is 12.7. The van der Waals surface area contributed by atoms with Crippen molar-refractivity contribution >= 4 is 12.2 Å². The lowest BCUT2D eigenvalue weighted by atomic mass is 9.79. The Morgan fingerprint density at radius 3 is 2.75 bits per heavy atom. The third kappa shape index (κ3) is 2.99. The van der Waals surface area contributed by atoms with Crippen LogP contribution in [0, 0.1) is 5.92 Å². The second-order valence-electron chi connectivity index (χ2n) is 6.59. The molecule has 1 spiro atoms. The van der Waals surface area contributed by atoms with Gasteiger partial charge in [0.1, 0.15) is 11.2 Å². The first-order chi connectivity index (χ1) is 9.26. The molecule has 6 heteroatoms. The molecule has 2 saturated heterocycles. The van der Waals surface area contributed by atoms with E-state index in [0.29, 0.717) is 26.1 Å². The monoisotopic (exact) mass is 284 g/mol. The van der Waals surface area contributed by atoms with Crippen molar-refractivity contribution in [1.29, 1.82) is 0 Å². The first-order valence-corrected chi connectivity index (χ1v) is 7.20. The van der Waals surface area contributed by atoms with Gasteiger partial charge in [0, 0.05) is 25.4 Å². The van der Waals surface area contributed by atoms with Gasteiger partial charge in [-0.15, -0.1) is 0 Å². The van der Waals surface area contributed by atoms with Gasteiger partial charge in [0.2, 0.25) is 0 Å². The van der Waals surface area contributed by atoms with Crippen molar-refractivity contribution in [1.82, 2.24) is 10.2 Å². The van der Waals surface area contributed by atoms with Gasteiger partial charge in [0.15, 0.2) is 0 Å². The first kappa shape index (κ1) is 14.9. The lowest BCUT2D eigenvalue weighted by Gasteiger charge is -2.43. The van der Waals surface area contributed by atoms with Gasteiger partial charge in [0.05, 0.1) is 6.54 Å². The van der Waals surface area contributed by atoms with E-state index in [0.717, 1.165) is 6.42 Å². The van der Waals surface area contributed by atoms with Crippen molar-refractivity contribution in [2.75, 3.05) is 19.6 Å². The van der Waals surface area contributed by atoms with Gasteiger partial charge in [0.25, 0.3) is 0 Å². The normalized spacial score (nSPS) is 30.1. The number of rotatable bonds is 1. The third-order valence-electron chi connectivity index (χ3n) is 3.96. The Labute approximate surface area is 119 Å². The van der Waals surface area contributed by atoms with Crippen molar-refractivity contribution in [3.05, 3.63) is 0 Å². The molecule has 0 radical (unpaired) electrons. The second kappa shape index (κ2) is 5.14. The van der Waals surface area contributed by atoms with Crippen LogP contribution in [0.1, 0.15) is 40.5 Å². The fourth-order valence-corrected chi connectivity index (χ4v) is 2.89. The number of piperidine rings is 1. The largest absolute Gasteiger partial charge is 0.444 e. The number of alkyl carbamates (subject to hydrolysis) is 1. The van der Waals surface area contributed by atoms with Crippen LogP contribution in [0.3, 0.4) is 0 Å². The van der Waals surface area contributed by atoms with E-state index < -0.39 is 11.2 Å². The molecule has 0 aliphatic carbocycles. The van der Waals surface area contributed by atoms with E-state index in [4.69, 9.17) is 9.47 Å². The summed E-state index contributed by atoms with van der Waals surface area (Å²) in [7, 11) is 0.